The van der Waals surface area contributed by atoms with Crippen molar-refractivity contribution in [3.63, 3.8) is 0 Å². The molecule has 1 heterocycles. The Labute approximate surface area is 60.6 Å². The molecule has 3 nitrogen and oxygen atoms in total. The average Bonchev–Trinajstić information content (AvgIpc) is 1.88. The summed E-state index contributed by atoms with van der Waals surface area (Å²) in [6, 6.07) is 0. The SMILES string of the molecule is CN1CCC(CO)=C(O)C1. The lowest BCUT2D eigenvalue weighted by Crippen LogP contribution is -2.28. The Morgan fingerprint density at radius 2 is 2.30 bits per heavy atom. The quantitative estimate of drug-likeness (QED) is 0.548. The molecule has 3 heteroatoms. The summed E-state index contributed by atoms with van der Waals surface area (Å²) in [5.74, 6) is 0.344. The molecule has 0 unspecified atom stereocenters. The van der Waals surface area contributed by atoms with E-state index in [1.54, 1.807) is 0 Å². The van der Waals surface area contributed by atoms with Crippen molar-refractivity contribution in [1.29, 1.82) is 0 Å². The molecule has 0 radical (unpaired) electrons. The predicted octanol–water partition coefficient (Wildman–Crippen LogP) is 0.126. The summed E-state index contributed by atoms with van der Waals surface area (Å²) >= 11 is 0. The standard InChI is InChI=1S/C7H13NO2/c1-8-3-2-6(5-9)7(10)4-8/h9-10H,2-5H2,1H3. The number of aliphatic hydroxyl groups excluding tert-OH is 2. The van der Waals surface area contributed by atoms with Crippen molar-refractivity contribution in [2.45, 2.75) is 6.42 Å². The van der Waals surface area contributed by atoms with Crippen molar-refractivity contribution in [1.82, 2.24) is 4.90 Å². The molecule has 2 N–H and O–H groups in total. The van der Waals surface area contributed by atoms with Crippen LogP contribution in [0.2, 0.25) is 0 Å². The van der Waals surface area contributed by atoms with E-state index in [4.69, 9.17) is 5.11 Å². The van der Waals surface area contributed by atoms with Gasteiger partial charge < -0.3 is 10.2 Å². The second kappa shape index (κ2) is 3.03. The highest BCUT2D eigenvalue weighted by atomic mass is 16.3. The Balaban J connectivity index is 2.61. The fourth-order valence-electron chi connectivity index (χ4n) is 1.09. The van der Waals surface area contributed by atoms with E-state index in [0.29, 0.717) is 12.3 Å². The number of hydrogen-bond donors (Lipinski definition) is 2. The van der Waals surface area contributed by atoms with Crippen LogP contribution < -0.4 is 0 Å². The van der Waals surface area contributed by atoms with Crippen LogP contribution in [0.15, 0.2) is 11.3 Å². The highest BCUT2D eigenvalue weighted by Gasteiger charge is 2.13. The van der Waals surface area contributed by atoms with Gasteiger partial charge >= 0.3 is 0 Å². The first kappa shape index (κ1) is 7.57. The van der Waals surface area contributed by atoms with Crippen LogP contribution in [-0.2, 0) is 0 Å². The second-order valence-electron chi connectivity index (χ2n) is 2.70. The van der Waals surface area contributed by atoms with Gasteiger partial charge in [0.25, 0.3) is 0 Å². The van der Waals surface area contributed by atoms with Gasteiger partial charge in [0.2, 0.25) is 0 Å². The third-order valence-electron chi connectivity index (χ3n) is 1.81. The summed E-state index contributed by atoms with van der Waals surface area (Å²) in [7, 11) is 1.95. The number of likely N-dealkylation sites (N-methyl/N-ethyl adjacent to an activating group) is 1. The summed E-state index contributed by atoms with van der Waals surface area (Å²) in [4.78, 5) is 2.02. The lowest BCUT2D eigenvalue weighted by Gasteiger charge is -2.23. The average molecular weight is 143 g/mol. The first-order valence-corrected chi connectivity index (χ1v) is 3.43. The Kier molecular flexibility index (Phi) is 2.29. The molecule has 0 atom stereocenters. The van der Waals surface area contributed by atoms with E-state index in [2.05, 4.69) is 0 Å². The molecule has 0 aromatic carbocycles. The molecule has 0 saturated carbocycles. The van der Waals surface area contributed by atoms with Crippen LogP contribution in [-0.4, -0.2) is 41.9 Å². The molecule has 0 aliphatic carbocycles. The minimum absolute atomic E-state index is 0.000324. The van der Waals surface area contributed by atoms with Crippen molar-refractivity contribution in [2.75, 3.05) is 26.7 Å². The molecule has 1 aliphatic heterocycles. The second-order valence-corrected chi connectivity index (χ2v) is 2.70. The highest BCUT2D eigenvalue weighted by molar-refractivity contribution is 5.12. The van der Waals surface area contributed by atoms with Crippen LogP contribution >= 0.6 is 0 Å². The first-order chi connectivity index (χ1) is 4.74. The van der Waals surface area contributed by atoms with Gasteiger partial charge in [-0.1, -0.05) is 0 Å². The zero-order valence-electron chi connectivity index (χ0n) is 6.17. The monoisotopic (exact) mass is 143 g/mol. The molecule has 10 heavy (non-hydrogen) atoms. The molecule has 58 valence electrons. The van der Waals surface area contributed by atoms with E-state index in [-0.39, 0.29) is 6.61 Å². The third-order valence-corrected chi connectivity index (χ3v) is 1.81. The Morgan fingerprint density at radius 3 is 2.80 bits per heavy atom. The van der Waals surface area contributed by atoms with Gasteiger partial charge in [-0.15, -0.1) is 0 Å². The van der Waals surface area contributed by atoms with Crippen molar-refractivity contribution < 1.29 is 10.2 Å². The predicted molar refractivity (Wildman–Crippen MR) is 38.9 cm³/mol. The third kappa shape index (κ3) is 1.49. The van der Waals surface area contributed by atoms with Gasteiger partial charge in [0.05, 0.1) is 13.2 Å². The maximum Gasteiger partial charge on any atom is 0.108 e. The molecule has 0 aromatic heterocycles. The van der Waals surface area contributed by atoms with E-state index >= 15 is 0 Å². The van der Waals surface area contributed by atoms with E-state index in [0.717, 1.165) is 18.5 Å². The summed E-state index contributed by atoms with van der Waals surface area (Å²) in [5.41, 5.74) is 0.790. The van der Waals surface area contributed by atoms with Gasteiger partial charge in [0.15, 0.2) is 0 Å². The molecule has 0 spiro atoms. The number of nitrogens with zero attached hydrogens (tertiary/aromatic N) is 1. The summed E-state index contributed by atoms with van der Waals surface area (Å²) < 4.78 is 0. The van der Waals surface area contributed by atoms with Crippen LogP contribution in [0.25, 0.3) is 0 Å². The van der Waals surface area contributed by atoms with Gasteiger partial charge in [-0.2, -0.15) is 0 Å². The van der Waals surface area contributed by atoms with Crippen LogP contribution in [0.3, 0.4) is 0 Å². The molecule has 0 aromatic rings. The number of hydrogen-bond acceptors (Lipinski definition) is 3. The summed E-state index contributed by atoms with van der Waals surface area (Å²) in [5, 5.41) is 17.9. The maximum absolute atomic E-state index is 9.22. The summed E-state index contributed by atoms with van der Waals surface area (Å²) in [6.45, 7) is 1.51. The molecule has 0 bridgehead atoms. The molecule has 0 amide bonds. The Bertz CT molecular complexity index is 154. The van der Waals surface area contributed by atoms with Crippen molar-refractivity contribution in [3.8, 4) is 0 Å². The van der Waals surface area contributed by atoms with Gasteiger partial charge in [-0.25, -0.2) is 0 Å². The number of aliphatic hydroxyl groups is 2. The van der Waals surface area contributed by atoms with Gasteiger partial charge in [-0.05, 0) is 19.0 Å². The van der Waals surface area contributed by atoms with E-state index in [9.17, 15) is 5.11 Å². The van der Waals surface area contributed by atoms with Gasteiger partial charge in [0.1, 0.15) is 5.76 Å². The van der Waals surface area contributed by atoms with Gasteiger partial charge in [0, 0.05) is 6.54 Å². The van der Waals surface area contributed by atoms with Crippen LogP contribution in [0.4, 0.5) is 0 Å². The maximum atomic E-state index is 9.22. The van der Waals surface area contributed by atoms with E-state index in [1.807, 2.05) is 11.9 Å². The van der Waals surface area contributed by atoms with Crippen molar-refractivity contribution in [3.05, 3.63) is 11.3 Å². The largest absolute Gasteiger partial charge is 0.511 e. The van der Waals surface area contributed by atoms with Crippen molar-refractivity contribution in [2.24, 2.45) is 0 Å². The summed E-state index contributed by atoms with van der Waals surface area (Å²) in [6.07, 6.45) is 0.791. The van der Waals surface area contributed by atoms with Crippen LogP contribution in [0, 0.1) is 0 Å². The highest BCUT2D eigenvalue weighted by Crippen LogP contribution is 2.13. The lowest BCUT2D eigenvalue weighted by molar-refractivity contribution is 0.239. The van der Waals surface area contributed by atoms with Crippen LogP contribution in [0.1, 0.15) is 6.42 Å². The van der Waals surface area contributed by atoms with Gasteiger partial charge in [-0.3, -0.25) is 4.90 Å². The Morgan fingerprint density at radius 1 is 1.60 bits per heavy atom. The molecule has 0 fully saturated rings. The lowest BCUT2D eigenvalue weighted by atomic mass is 10.1. The van der Waals surface area contributed by atoms with E-state index in [1.165, 1.54) is 0 Å². The topological polar surface area (TPSA) is 43.7 Å². The number of rotatable bonds is 1. The fourth-order valence-corrected chi connectivity index (χ4v) is 1.09. The molecule has 1 rings (SSSR count). The van der Waals surface area contributed by atoms with Crippen LogP contribution in [0.5, 0.6) is 0 Å². The normalized spacial score (nSPS) is 21.8. The van der Waals surface area contributed by atoms with E-state index < -0.39 is 0 Å². The Hall–Kier alpha value is -0.540. The smallest absolute Gasteiger partial charge is 0.108 e. The minimum atomic E-state index is -0.000324. The first-order valence-electron chi connectivity index (χ1n) is 3.43. The minimum Gasteiger partial charge on any atom is -0.511 e. The zero-order valence-corrected chi connectivity index (χ0v) is 6.17. The molecule has 1 aliphatic rings. The molecular formula is C7H13NO2. The fraction of sp³-hybridized carbons (Fsp3) is 0.714. The van der Waals surface area contributed by atoms with Crippen molar-refractivity contribution >= 4 is 0 Å². The molecular weight excluding hydrogens is 130 g/mol. The molecule has 0 saturated heterocycles. The zero-order chi connectivity index (χ0) is 7.56.